The van der Waals surface area contributed by atoms with E-state index in [0.29, 0.717) is 6.42 Å². The molecule has 3 nitrogen and oxygen atoms in total. The minimum absolute atomic E-state index is 0.435. The molecule has 0 aromatic carbocycles. The van der Waals surface area contributed by atoms with Crippen LogP contribution in [0.25, 0.3) is 0 Å². The minimum atomic E-state index is -1.39. The quantitative estimate of drug-likeness (QED) is 0.468. The Labute approximate surface area is 55.5 Å². The van der Waals surface area contributed by atoms with Gasteiger partial charge in [0.2, 0.25) is 0 Å². The van der Waals surface area contributed by atoms with E-state index in [9.17, 15) is 0 Å². The Kier molecular flexibility index (Phi) is 3.11. The average Bonchev–Trinajstić information content (AvgIpc) is 1.65. The van der Waals surface area contributed by atoms with Crippen LogP contribution in [-0.2, 0) is 0 Å². The number of hydrogen-bond acceptors (Lipinski definition) is 3. The van der Waals surface area contributed by atoms with Crippen LogP contribution in [0.5, 0.6) is 0 Å². The van der Waals surface area contributed by atoms with Crippen LogP contribution in [0.15, 0.2) is 0 Å². The molecule has 0 heterocycles. The van der Waals surface area contributed by atoms with Gasteiger partial charge in [-0.25, -0.2) is 0 Å². The van der Waals surface area contributed by atoms with E-state index in [-0.39, 0.29) is 0 Å². The molecule has 0 aromatic heterocycles. The monoisotopic (exact) mass is 133 g/mol. The molecule has 56 valence electrons. The fraction of sp³-hybridized carbons (Fsp3) is 1.00. The van der Waals surface area contributed by atoms with Crippen molar-refractivity contribution in [2.45, 2.75) is 38.5 Å². The second-order valence-electron chi connectivity index (χ2n) is 2.42. The maximum absolute atomic E-state index is 9.12. The molecule has 0 aliphatic heterocycles. The number of aliphatic hydroxyl groups is 2. The van der Waals surface area contributed by atoms with Gasteiger partial charge in [0.05, 0.1) is 6.10 Å². The lowest BCUT2D eigenvalue weighted by Crippen LogP contribution is -2.49. The Morgan fingerprint density at radius 2 is 2.11 bits per heavy atom. The SMILES string of the molecule is CCCC(N)(O)C(C)O. The standard InChI is InChI=1S/C6H15NO2/c1-3-4-6(7,9)5(2)8/h5,8-9H,3-4,7H2,1-2H3. The van der Waals surface area contributed by atoms with Crippen LogP contribution in [0.3, 0.4) is 0 Å². The summed E-state index contributed by atoms with van der Waals surface area (Å²) in [7, 11) is 0. The zero-order valence-corrected chi connectivity index (χ0v) is 5.96. The molecule has 4 N–H and O–H groups in total. The smallest absolute Gasteiger partial charge is 0.139 e. The summed E-state index contributed by atoms with van der Waals surface area (Å²) in [5.74, 6) is 0. The number of rotatable bonds is 3. The molecule has 0 aliphatic carbocycles. The molecule has 3 heteroatoms. The summed E-state index contributed by atoms with van der Waals surface area (Å²) in [6, 6.07) is 0. The third kappa shape index (κ3) is 2.79. The fourth-order valence-electron chi connectivity index (χ4n) is 0.609. The first-order valence-corrected chi connectivity index (χ1v) is 3.20. The molecule has 2 atom stereocenters. The van der Waals surface area contributed by atoms with Gasteiger partial charge in [0.25, 0.3) is 0 Å². The third-order valence-corrected chi connectivity index (χ3v) is 1.37. The maximum atomic E-state index is 9.12. The molecular formula is C6H15NO2. The van der Waals surface area contributed by atoms with Crippen molar-refractivity contribution in [2.24, 2.45) is 5.73 Å². The summed E-state index contributed by atoms with van der Waals surface area (Å²) in [6.07, 6.45) is 0.361. The Balaban J connectivity index is 3.70. The lowest BCUT2D eigenvalue weighted by molar-refractivity contribution is -0.0673. The van der Waals surface area contributed by atoms with E-state index in [1.54, 1.807) is 0 Å². The van der Waals surface area contributed by atoms with E-state index in [2.05, 4.69) is 0 Å². The first-order chi connectivity index (χ1) is 4.00. The number of nitrogens with two attached hydrogens (primary N) is 1. The van der Waals surface area contributed by atoms with Crippen LogP contribution in [0, 0.1) is 0 Å². The molecule has 0 aromatic rings. The van der Waals surface area contributed by atoms with Gasteiger partial charge < -0.3 is 15.9 Å². The summed E-state index contributed by atoms with van der Waals surface area (Å²) < 4.78 is 0. The molecule has 0 spiro atoms. The van der Waals surface area contributed by atoms with Gasteiger partial charge in [-0.05, 0) is 13.3 Å². The zero-order valence-electron chi connectivity index (χ0n) is 5.96. The maximum Gasteiger partial charge on any atom is 0.139 e. The van der Waals surface area contributed by atoms with Crippen LogP contribution >= 0.6 is 0 Å². The molecule has 0 fully saturated rings. The summed E-state index contributed by atoms with van der Waals surface area (Å²) in [4.78, 5) is 0. The van der Waals surface area contributed by atoms with Crippen molar-refractivity contribution in [3.8, 4) is 0 Å². The first kappa shape index (κ1) is 8.88. The van der Waals surface area contributed by atoms with Crippen LogP contribution in [0.4, 0.5) is 0 Å². The first-order valence-electron chi connectivity index (χ1n) is 3.20. The van der Waals surface area contributed by atoms with Gasteiger partial charge in [-0.2, -0.15) is 0 Å². The van der Waals surface area contributed by atoms with E-state index in [1.807, 2.05) is 6.92 Å². The number of aliphatic hydroxyl groups excluding tert-OH is 1. The molecule has 0 saturated carbocycles. The highest BCUT2D eigenvalue weighted by atomic mass is 16.4. The van der Waals surface area contributed by atoms with Crippen molar-refractivity contribution >= 4 is 0 Å². The van der Waals surface area contributed by atoms with Crippen molar-refractivity contribution in [2.75, 3.05) is 0 Å². The lowest BCUT2D eigenvalue weighted by Gasteiger charge is -2.25. The van der Waals surface area contributed by atoms with Crippen LogP contribution in [0.2, 0.25) is 0 Å². The van der Waals surface area contributed by atoms with Gasteiger partial charge in [-0.1, -0.05) is 13.3 Å². The lowest BCUT2D eigenvalue weighted by atomic mass is 10.0. The fourth-order valence-corrected chi connectivity index (χ4v) is 0.609. The van der Waals surface area contributed by atoms with Crippen molar-refractivity contribution in [1.82, 2.24) is 0 Å². The van der Waals surface area contributed by atoms with Gasteiger partial charge in [-0.15, -0.1) is 0 Å². The third-order valence-electron chi connectivity index (χ3n) is 1.37. The highest BCUT2D eigenvalue weighted by Gasteiger charge is 2.25. The van der Waals surface area contributed by atoms with Gasteiger partial charge in [-0.3, -0.25) is 0 Å². The molecule has 0 amide bonds. The Bertz CT molecular complexity index is 81.1. The van der Waals surface area contributed by atoms with Crippen molar-refractivity contribution < 1.29 is 10.2 Å². The van der Waals surface area contributed by atoms with E-state index < -0.39 is 11.8 Å². The summed E-state index contributed by atoms with van der Waals surface area (Å²) >= 11 is 0. The molecule has 9 heavy (non-hydrogen) atoms. The van der Waals surface area contributed by atoms with Gasteiger partial charge in [0.15, 0.2) is 0 Å². The Morgan fingerprint density at radius 1 is 1.67 bits per heavy atom. The highest BCUT2D eigenvalue weighted by molar-refractivity contribution is 4.75. The largest absolute Gasteiger partial charge is 0.389 e. The summed E-state index contributed by atoms with van der Waals surface area (Å²) in [5, 5.41) is 18.0. The second kappa shape index (κ2) is 3.15. The van der Waals surface area contributed by atoms with Crippen molar-refractivity contribution in [3.63, 3.8) is 0 Å². The van der Waals surface area contributed by atoms with Gasteiger partial charge in [0, 0.05) is 0 Å². The molecular weight excluding hydrogens is 118 g/mol. The summed E-state index contributed by atoms with van der Waals surface area (Å²) in [5.41, 5.74) is 3.88. The van der Waals surface area contributed by atoms with Crippen molar-refractivity contribution in [3.05, 3.63) is 0 Å². The molecule has 0 saturated heterocycles. The van der Waals surface area contributed by atoms with E-state index in [0.717, 1.165) is 6.42 Å². The van der Waals surface area contributed by atoms with Crippen LogP contribution < -0.4 is 5.73 Å². The van der Waals surface area contributed by atoms with Crippen LogP contribution in [-0.4, -0.2) is 22.0 Å². The van der Waals surface area contributed by atoms with Crippen molar-refractivity contribution in [1.29, 1.82) is 0 Å². The van der Waals surface area contributed by atoms with Gasteiger partial charge in [0.1, 0.15) is 5.72 Å². The molecule has 0 bridgehead atoms. The molecule has 0 radical (unpaired) electrons. The highest BCUT2D eigenvalue weighted by Crippen LogP contribution is 2.09. The molecule has 0 rings (SSSR count). The molecule has 2 unspecified atom stereocenters. The Morgan fingerprint density at radius 3 is 2.22 bits per heavy atom. The predicted octanol–water partition coefficient (Wildman–Crippen LogP) is -0.185. The molecule has 0 aliphatic rings. The summed E-state index contributed by atoms with van der Waals surface area (Å²) in [6.45, 7) is 3.38. The minimum Gasteiger partial charge on any atom is -0.389 e. The van der Waals surface area contributed by atoms with E-state index in [1.165, 1.54) is 6.92 Å². The zero-order chi connectivity index (χ0) is 7.49. The van der Waals surface area contributed by atoms with E-state index in [4.69, 9.17) is 15.9 Å². The van der Waals surface area contributed by atoms with Crippen LogP contribution in [0.1, 0.15) is 26.7 Å². The Hall–Kier alpha value is -0.120. The normalized spacial score (nSPS) is 21.0. The second-order valence-corrected chi connectivity index (χ2v) is 2.42. The predicted molar refractivity (Wildman–Crippen MR) is 35.7 cm³/mol. The average molecular weight is 133 g/mol. The van der Waals surface area contributed by atoms with E-state index >= 15 is 0 Å². The topological polar surface area (TPSA) is 66.5 Å². The number of hydrogen-bond donors (Lipinski definition) is 3. The van der Waals surface area contributed by atoms with Gasteiger partial charge >= 0.3 is 0 Å².